The molecule has 4 nitrogen and oxygen atoms in total. The molecule has 0 aliphatic heterocycles. The number of hydrogen-bond acceptors (Lipinski definition) is 3. The number of halogens is 3. The number of benzene rings is 1. The Morgan fingerprint density at radius 1 is 1.22 bits per heavy atom. The van der Waals surface area contributed by atoms with E-state index in [-0.39, 0.29) is 6.42 Å². The lowest BCUT2D eigenvalue weighted by molar-refractivity contribution is -0.308. The topological polar surface area (TPSA) is 69.2 Å². The van der Waals surface area contributed by atoms with E-state index < -0.39 is 24.1 Å². The quantitative estimate of drug-likeness (QED) is 0.830. The molecule has 0 radical (unpaired) electrons. The number of rotatable bonds is 4. The molecule has 0 heterocycles. The van der Waals surface area contributed by atoms with Crippen molar-refractivity contribution in [1.82, 2.24) is 5.32 Å². The summed E-state index contributed by atoms with van der Waals surface area (Å²) >= 11 is 0. The molecule has 1 N–H and O–H groups in total. The van der Waals surface area contributed by atoms with Crippen LogP contribution in [0.4, 0.5) is 13.2 Å². The molecule has 0 bridgehead atoms. The number of alkyl halides is 3. The van der Waals surface area contributed by atoms with E-state index in [1.807, 2.05) is 0 Å². The summed E-state index contributed by atoms with van der Waals surface area (Å²) in [5.74, 6) is -4.07. The lowest BCUT2D eigenvalue weighted by Crippen LogP contribution is -2.52. The number of carboxylic acid groups (broad SMARTS) is 1. The third kappa shape index (κ3) is 4.08. The predicted molar refractivity (Wildman–Crippen MR) is 53.1 cm³/mol. The number of carbonyl (C=O) groups is 2. The minimum atomic E-state index is -5.12. The molecular formula is C11H9F3NO3-. The van der Waals surface area contributed by atoms with Crippen molar-refractivity contribution in [3.05, 3.63) is 35.9 Å². The molecule has 1 atom stereocenters. The molecule has 18 heavy (non-hydrogen) atoms. The van der Waals surface area contributed by atoms with Gasteiger partial charge in [0.1, 0.15) is 0 Å². The third-order valence-corrected chi connectivity index (χ3v) is 2.13. The molecule has 1 amide bonds. The summed E-state index contributed by atoms with van der Waals surface area (Å²) in [5.41, 5.74) is 0.481. The Labute approximate surface area is 100 Å². The van der Waals surface area contributed by atoms with Gasteiger partial charge in [0, 0.05) is 0 Å². The standard InChI is InChI=1S/C11H10F3NO3/c12-11(13,14)10(18)15-8(9(16)17)6-7-4-2-1-3-5-7/h1-5,8H,6H2,(H,15,18)(H,16,17)/p-1/t8-/m0/s1. The first-order valence-electron chi connectivity index (χ1n) is 4.93. The van der Waals surface area contributed by atoms with Crippen molar-refractivity contribution in [1.29, 1.82) is 0 Å². The number of aliphatic carboxylic acids is 1. The molecule has 1 rings (SSSR count). The molecule has 0 aliphatic rings. The van der Waals surface area contributed by atoms with E-state index in [9.17, 15) is 27.9 Å². The average molecular weight is 260 g/mol. The highest BCUT2D eigenvalue weighted by Crippen LogP contribution is 2.15. The molecule has 98 valence electrons. The van der Waals surface area contributed by atoms with E-state index in [4.69, 9.17) is 0 Å². The van der Waals surface area contributed by atoms with Crippen LogP contribution in [0.5, 0.6) is 0 Å². The smallest absolute Gasteiger partial charge is 0.471 e. The van der Waals surface area contributed by atoms with Crippen LogP contribution in [-0.2, 0) is 16.0 Å². The summed E-state index contributed by atoms with van der Waals surface area (Å²) in [7, 11) is 0. The van der Waals surface area contributed by atoms with Crippen LogP contribution in [-0.4, -0.2) is 24.1 Å². The van der Waals surface area contributed by atoms with E-state index in [0.29, 0.717) is 5.56 Å². The van der Waals surface area contributed by atoms with Crippen LogP contribution < -0.4 is 10.4 Å². The summed E-state index contributed by atoms with van der Waals surface area (Å²) in [6.07, 6.45) is -5.39. The largest absolute Gasteiger partial charge is 0.548 e. The molecule has 0 fully saturated rings. The Balaban J connectivity index is 2.73. The second kappa shape index (κ2) is 5.52. The van der Waals surface area contributed by atoms with Gasteiger partial charge in [0.15, 0.2) is 0 Å². The fourth-order valence-electron chi connectivity index (χ4n) is 1.28. The zero-order valence-corrected chi connectivity index (χ0v) is 9.03. The molecule has 1 aromatic rings. The lowest BCUT2D eigenvalue weighted by Gasteiger charge is -2.20. The Bertz CT molecular complexity index is 431. The van der Waals surface area contributed by atoms with Gasteiger partial charge in [-0.1, -0.05) is 30.3 Å². The molecule has 1 aromatic carbocycles. The van der Waals surface area contributed by atoms with Crippen molar-refractivity contribution < 1.29 is 27.9 Å². The Morgan fingerprint density at radius 2 is 1.78 bits per heavy atom. The van der Waals surface area contributed by atoms with Gasteiger partial charge in [0.25, 0.3) is 0 Å². The Morgan fingerprint density at radius 3 is 2.22 bits per heavy atom. The van der Waals surface area contributed by atoms with Gasteiger partial charge in [-0.3, -0.25) is 4.79 Å². The molecule has 0 aromatic heterocycles. The zero-order valence-electron chi connectivity index (χ0n) is 9.03. The molecule has 0 unspecified atom stereocenters. The first-order valence-corrected chi connectivity index (χ1v) is 4.93. The van der Waals surface area contributed by atoms with Gasteiger partial charge < -0.3 is 15.2 Å². The van der Waals surface area contributed by atoms with Gasteiger partial charge in [0.2, 0.25) is 0 Å². The molecule has 0 aliphatic carbocycles. The predicted octanol–water partition coefficient (Wildman–Crippen LogP) is 0.0261. The molecular weight excluding hydrogens is 251 g/mol. The van der Waals surface area contributed by atoms with Crippen molar-refractivity contribution in [3.63, 3.8) is 0 Å². The SMILES string of the molecule is O=C([O-])[C@H](Cc1ccccc1)NC(=O)C(F)(F)F. The third-order valence-electron chi connectivity index (χ3n) is 2.13. The first-order chi connectivity index (χ1) is 8.30. The van der Waals surface area contributed by atoms with Crippen LogP contribution in [0.3, 0.4) is 0 Å². The highest BCUT2D eigenvalue weighted by Gasteiger charge is 2.39. The van der Waals surface area contributed by atoms with Gasteiger partial charge in [-0.25, -0.2) is 0 Å². The number of hydrogen-bond donors (Lipinski definition) is 1. The van der Waals surface area contributed by atoms with Crippen LogP contribution in [0.15, 0.2) is 30.3 Å². The van der Waals surface area contributed by atoms with Gasteiger partial charge in [0.05, 0.1) is 12.0 Å². The van der Waals surface area contributed by atoms with E-state index in [0.717, 1.165) is 0 Å². The molecule has 7 heteroatoms. The highest BCUT2D eigenvalue weighted by molar-refractivity contribution is 5.86. The zero-order chi connectivity index (χ0) is 13.8. The molecule has 0 saturated heterocycles. The van der Waals surface area contributed by atoms with E-state index in [1.54, 1.807) is 18.2 Å². The minimum Gasteiger partial charge on any atom is -0.548 e. The number of amides is 1. The van der Waals surface area contributed by atoms with Crippen molar-refractivity contribution in [3.8, 4) is 0 Å². The first kappa shape index (κ1) is 14.0. The van der Waals surface area contributed by atoms with Gasteiger partial charge in [-0.05, 0) is 12.0 Å². The van der Waals surface area contributed by atoms with Gasteiger partial charge in [-0.15, -0.1) is 0 Å². The molecule has 0 saturated carbocycles. The summed E-state index contributed by atoms with van der Waals surface area (Å²) in [6.45, 7) is 0. The summed E-state index contributed by atoms with van der Waals surface area (Å²) in [4.78, 5) is 21.3. The highest BCUT2D eigenvalue weighted by atomic mass is 19.4. The van der Waals surface area contributed by atoms with E-state index in [2.05, 4.69) is 0 Å². The van der Waals surface area contributed by atoms with Crippen LogP contribution in [0.1, 0.15) is 5.56 Å². The van der Waals surface area contributed by atoms with Crippen molar-refractivity contribution >= 4 is 11.9 Å². The Kier molecular flexibility index (Phi) is 4.30. The monoisotopic (exact) mass is 260 g/mol. The van der Waals surface area contributed by atoms with Crippen molar-refractivity contribution in [2.24, 2.45) is 0 Å². The normalized spacial score (nSPS) is 12.8. The molecule has 0 spiro atoms. The van der Waals surface area contributed by atoms with Crippen LogP contribution >= 0.6 is 0 Å². The van der Waals surface area contributed by atoms with Crippen LogP contribution in [0.2, 0.25) is 0 Å². The number of carboxylic acids is 1. The lowest BCUT2D eigenvalue weighted by atomic mass is 10.1. The van der Waals surface area contributed by atoms with E-state index >= 15 is 0 Å². The van der Waals surface area contributed by atoms with E-state index in [1.165, 1.54) is 17.4 Å². The average Bonchev–Trinajstić information content (AvgIpc) is 2.28. The van der Waals surface area contributed by atoms with Gasteiger partial charge in [-0.2, -0.15) is 13.2 Å². The van der Waals surface area contributed by atoms with Gasteiger partial charge >= 0.3 is 12.1 Å². The number of carbonyl (C=O) groups excluding carboxylic acids is 2. The van der Waals surface area contributed by atoms with Crippen LogP contribution in [0, 0.1) is 0 Å². The Hall–Kier alpha value is -2.05. The van der Waals surface area contributed by atoms with Crippen molar-refractivity contribution in [2.75, 3.05) is 0 Å². The van der Waals surface area contributed by atoms with Crippen molar-refractivity contribution in [2.45, 2.75) is 18.6 Å². The number of nitrogens with one attached hydrogen (secondary N) is 1. The second-order valence-electron chi connectivity index (χ2n) is 3.53. The fraction of sp³-hybridized carbons (Fsp3) is 0.273. The summed E-state index contributed by atoms with van der Waals surface area (Å²) in [5, 5.41) is 12.1. The second-order valence-corrected chi connectivity index (χ2v) is 3.53. The maximum atomic E-state index is 12.0. The van der Waals surface area contributed by atoms with Crippen LogP contribution in [0.25, 0.3) is 0 Å². The summed E-state index contributed by atoms with van der Waals surface area (Å²) in [6, 6.07) is 6.24. The minimum absolute atomic E-state index is 0.273. The maximum absolute atomic E-state index is 12.0. The maximum Gasteiger partial charge on any atom is 0.471 e. The summed E-state index contributed by atoms with van der Waals surface area (Å²) < 4.78 is 36.0. The fourth-order valence-corrected chi connectivity index (χ4v) is 1.28.